The minimum absolute atomic E-state index is 0. The molecule has 0 spiro atoms. The monoisotopic (exact) mass is 316 g/mol. The average molecular weight is 317 g/mol. The molecule has 1 fully saturated rings. The van der Waals surface area contributed by atoms with Gasteiger partial charge in [0.15, 0.2) is 0 Å². The highest BCUT2D eigenvalue weighted by Gasteiger charge is 2.51. The van der Waals surface area contributed by atoms with E-state index in [2.05, 4.69) is 17.6 Å². The summed E-state index contributed by atoms with van der Waals surface area (Å²) in [6.45, 7) is 4.63. The number of amides is 1. The summed E-state index contributed by atoms with van der Waals surface area (Å²) in [5.74, 6) is 0.132. The third kappa shape index (κ3) is 4.11. The molecule has 0 radical (unpaired) electrons. The van der Waals surface area contributed by atoms with E-state index >= 15 is 0 Å². The first-order chi connectivity index (χ1) is 9.19. The first-order valence-electron chi connectivity index (χ1n) is 6.94. The van der Waals surface area contributed by atoms with E-state index in [1.165, 1.54) is 0 Å². The Balaban J connectivity index is 0.00000200. The van der Waals surface area contributed by atoms with Crippen LogP contribution in [0.4, 0.5) is 0 Å². The Morgan fingerprint density at radius 1 is 1.30 bits per heavy atom. The normalized spacial score (nSPS) is 15.3. The molecule has 0 heterocycles. The van der Waals surface area contributed by atoms with Gasteiger partial charge in [-0.3, -0.25) is 4.79 Å². The molecule has 1 aromatic carbocycles. The van der Waals surface area contributed by atoms with Gasteiger partial charge in [0.2, 0.25) is 5.91 Å². The lowest BCUT2D eigenvalue weighted by molar-refractivity contribution is -0.123. The third-order valence-electron chi connectivity index (χ3n) is 3.58. The second-order valence-corrected chi connectivity index (χ2v) is 5.53. The van der Waals surface area contributed by atoms with Gasteiger partial charge in [0.1, 0.15) is 0 Å². The van der Waals surface area contributed by atoms with Crippen LogP contribution in [0.25, 0.3) is 0 Å². The van der Waals surface area contributed by atoms with Gasteiger partial charge in [-0.05, 0) is 43.5 Å². The van der Waals surface area contributed by atoms with Gasteiger partial charge in [-0.2, -0.15) is 0 Å². The van der Waals surface area contributed by atoms with Crippen molar-refractivity contribution in [3.8, 4) is 0 Å². The van der Waals surface area contributed by atoms with E-state index in [1.54, 1.807) is 0 Å². The molecule has 1 aliphatic rings. The van der Waals surface area contributed by atoms with Crippen LogP contribution < -0.4 is 10.6 Å². The molecule has 1 aromatic rings. The van der Waals surface area contributed by atoms with Gasteiger partial charge in [0.25, 0.3) is 0 Å². The number of hydrogen-bond acceptors (Lipinski definition) is 2. The van der Waals surface area contributed by atoms with Crippen LogP contribution in [0.2, 0.25) is 5.02 Å². The maximum Gasteiger partial charge on any atom is 0.230 e. The van der Waals surface area contributed by atoms with Crippen LogP contribution in [0.3, 0.4) is 0 Å². The first-order valence-corrected chi connectivity index (χ1v) is 7.32. The Kier molecular flexibility index (Phi) is 6.80. The van der Waals surface area contributed by atoms with Crippen molar-refractivity contribution in [2.24, 2.45) is 0 Å². The number of nitrogens with one attached hydrogen (secondary N) is 2. The van der Waals surface area contributed by atoms with E-state index in [-0.39, 0.29) is 23.7 Å². The Hall–Kier alpha value is -0.770. The molecular formula is C15H22Cl2N2O. The molecular weight excluding hydrogens is 295 g/mol. The predicted octanol–water partition coefficient (Wildman–Crippen LogP) is 2.91. The molecule has 1 amide bonds. The number of carbonyl (C=O) groups is 1. The minimum Gasteiger partial charge on any atom is -0.354 e. The number of halogens is 2. The molecule has 1 saturated carbocycles. The van der Waals surface area contributed by atoms with Gasteiger partial charge in [0.05, 0.1) is 5.41 Å². The van der Waals surface area contributed by atoms with Crippen LogP contribution in [-0.4, -0.2) is 25.5 Å². The maximum absolute atomic E-state index is 12.3. The van der Waals surface area contributed by atoms with E-state index < -0.39 is 0 Å². The summed E-state index contributed by atoms with van der Waals surface area (Å²) >= 11 is 6.00. The molecule has 2 rings (SSSR count). The van der Waals surface area contributed by atoms with E-state index in [0.29, 0.717) is 11.6 Å². The standard InChI is InChI=1S/C15H21ClN2O.ClH/c1-2-8-17-9-10-18-14(19)15(6-7-15)12-4-3-5-13(16)11-12;/h3-5,11,17H,2,6-10H2,1H3,(H,18,19);1H. The Morgan fingerprint density at radius 2 is 2.05 bits per heavy atom. The molecule has 3 nitrogen and oxygen atoms in total. The fourth-order valence-electron chi connectivity index (χ4n) is 2.29. The second kappa shape index (κ2) is 7.87. The quantitative estimate of drug-likeness (QED) is 0.759. The zero-order valence-electron chi connectivity index (χ0n) is 11.7. The van der Waals surface area contributed by atoms with E-state index in [9.17, 15) is 4.79 Å². The number of carbonyl (C=O) groups excluding carboxylic acids is 1. The molecule has 0 bridgehead atoms. The SMILES string of the molecule is CCCNCCNC(=O)C1(c2cccc(Cl)c2)CC1.Cl. The van der Waals surface area contributed by atoms with Crippen molar-refractivity contribution >= 4 is 29.9 Å². The predicted molar refractivity (Wildman–Crippen MR) is 85.8 cm³/mol. The van der Waals surface area contributed by atoms with Gasteiger partial charge in [0, 0.05) is 18.1 Å². The summed E-state index contributed by atoms with van der Waals surface area (Å²) < 4.78 is 0. The van der Waals surface area contributed by atoms with Crippen molar-refractivity contribution in [2.75, 3.05) is 19.6 Å². The summed E-state index contributed by atoms with van der Waals surface area (Å²) in [6.07, 6.45) is 2.95. The molecule has 5 heteroatoms. The van der Waals surface area contributed by atoms with Crippen molar-refractivity contribution in [1.82, 2.24) is 10.6 Å². The van der Waals surface area contributed by atoms with Crippen molar-refractivity contribution in [2.45, 2.75) is 31.6 Å². The smallest absolute Gasteiger partial charge is 0.230 e. The lowest BCUT2D eigenvalue weighted by Crippen LogP contribution is -2.38. The third-order valence-corrected chi connectivity index (χ3v) is 3.81. The topological polar surface area (TPSA) is 41.1 Å². The first kappa shape index (κ1) is 17.3. The van der Waals surface area contributed by atoms with Gasteiger partial charge < -0.3 is 10.6 Å². The lowest BCUT2D eigenvalue weighted by atomic mass is 9.95. The van der Waals surface area contributed by atoms with Gasteiger partial charge >= 0.3 is 0 Å². The largest absolute Gasteiger partial charge is 0.354 e. The molecule has 1 aliphatic carbocycles. The fraction of sp³-hybridized carbons (Fsp3) is 0.533. The Bertz CT molecular complexity index is 447. The van der Waals surface area contributed by atoms with Crippen LogP contribution in [0, 0.1) is 0 Å². The molecule has 2 N–H and O–H groups in total. The zero-order valence-corrected chi connectivity index (χ0v) is 13.3. The summed E-state index contributed by atoms with van der Waals surface area (Å²) in [5.41, 5.74) is 0.717. The second-order valence-electron chi connectivity index (χ2n) is 5.10. The summed E-state index contributed by atoms with van der Waals surface area (Å²) in [4.78, 5) is 12.3. The van der Waals surface area contributed by atoms with Gasteiger partial charge in [-0.25, -0.2) is 0 Å². The van der Waals surface area contributed by atoms with Crippen LogP contribution in [0.15, 0.2) is 24.3 Å². The molecule has 0 aromatic heterocycles. The van der Waals surface area contributed by atoms with E-state index in [4.69, 9.17) is 11.6 Å². The summed E-state index contributed by atoms with van der Waals surface area (Å²) in [7, 11) is 0. The molecule has 112 valence electrons. The maximum atomic E-state index is 12.3. The zero-order chi connectivity index (χ0) is 13.7. The Morgan fingerprint density at radius 3 is 2.65 bits per heavy atom. The van der Waals surface area contributed by atoms with Crippen molar-refractivity contribution in [3.05, 3.63) is 34.9 Å². The molecule has 20 heavy (non-hydrogen) atoms. The molecule has 0 saturated heterocycles. The summed E-state index contributed by atoms with van der Waals surface area (Å²) in [6, 6.07) is 7.65. The Labute approximate surface area is 131 Å². The van der Waals surface area contributed by atoms with Crippen LogP contribution in [0.5, 0.6) is 0 Å². The van der Waals surface area contributed by atoms with Crippen molar-refractivity contribution in [1.29, 1.82) is 0 Å². The highest BCUT2D eigenvalue weighted by molar-refractivity contribution is 6.30. The van der Waals surface area contributed by atoms with Crippen molar-refractivity contribution < 1.29 is 4.79 Å². The van der Waals surface area contributed by atoms with Crippen LogP contribution in [-0.2, 0) is 10.2 Å². The van der Waals surface area contributed by atoms with Crippen LogP contribution in [0.1, 0.15) is 31.7 Å². The highest BCUT2D eigenvalue weighted by Crippen LogP contribution is 2.48. The number of benzene rings is 1. The van der Waals surface area contributed by atoms with Crippen molar-refractivity contribution in [3.63, 3.8) is 0 Å². The molecule has 0 aliphatic heterocycles. The number of hydrogen-bond donors (Lipinski definition) is 2. The van der Waals surface area contributed by atoms with Gasteiger partial charge in [-0.1, -0.05) is 30.7 Å². The lowest BCUT2D eigenvalue weighted by Gasteiger charge is -2.16. The minimum atomic E-state index is -0.324. The van der Waals surface area contributed by atoms with E-state index in [1.807, 2.05) is 24.3 Å². The van der Waals surface area contributed by atoms with Crippen LogP contribution >= 0.6 is 24.0 Å². The number of rotatable bonds is 7. The molecule has 0 unspecified atom stereocenters. The van der Waals surface area contributed by atoms with E-state index in [0.717, 1.165) is 37.9 Å². The summed E-state index contributed by atoms with van der Waals surface area (Å²) in [5, 5.41) is 6.99. The highest BCUT2D eigenvalue weighted by atomic mass is 35.5. The average Bonchev–Trinajstić information content (AvgIpc) is 3.20. The fourth-order valence-corrected chi connectivity index (χ4v) is 2.48. The van der Waals surface area contributed by atoms with Gasteiger partial charge in [-0.15, -0.1) is 12.4 Å². The molecule has 0 atom stereocenters.